The molecule has 0 fully saturated rings. The van der Waals surface area contributed by atoms with Crippen molar-refractivity contribution in [2.24, 2.45) is 7.05 Å². The smallest absolute Gasteiger partial charge is 0.0867 e. The van der Waals surface area contributed by atoms with Crippen LogP contribution in [-0.4, -0.2) is 9.78 Å². The maximum atomic E-state index is 11.2. The summed E-state index contributed by atoms with van der Waals surface area (Å²) in [6, 6.07) is 0. The molecule has 1 rings (SSSR count). The lowest BCUT2D eigenvalue weighted by Crippen LogP contribution is -1.92. The molecule has 22 heavy (non-hydrogen) atoms. The minimum absolute atomic E-state index is 0.493. The average molecular weight is 308 g/mol. The first-order chi connectivity index (χ1) is 10.5. The minimum atomic E-state index is 0.493. The van der Waals surface area contributed by atoms with Gasteiger partial charge in [-0.15, -0.1) is 0 Å². The van der Waals surface area contributed by atoms with E-state index in [1.807, 2.05) is 32.5 Å². The van der Waals surface area contributed by atoms with E-state index in [0.29, 0.717) is 12.2 Å². The van der Waals surface area contributed by atoms with Crippen molar-refractivity contribution < 1.29 is 4.39 Å². The number of hydrogen-bond acceptors (Lipinski definition) is 1. The number of rotatable bonds is 5. The van der Waals surface area contributed by atoms with E-state index in [1.165, 1.54) is 30.2 Å². The fourth-order valence-corrected chi connectivity index (χ4v) is 1.95. The molecule has 0 N–H and O–H groups in total. The van der Waals surface area contributed by atoms with Crippen molar-refractivity contribution in [3.8, 4) is 0 Å². The van der Waals surface area contributed by atoms with E-state index in [0.717, 1.165) is 5.57 Å². The lowest BCUT2D eigenvalue weighted by atomic mass is 9.98. The summed E-state index contributed by atoms with van der Waals surface area (Å²) in [7, 11) is 1.98. The van der Waals surface area contributed by atoms with Gasteiger partial charge in [0.2, 0.25) is 0 Å². The largest absolute Gasteiger partial charge is 0.275 e. The van der Waals surface area contributed by atoms with Gasteiger partial charge in [-0.05, 0) is 37.8 Å². The third-order valence-electron chi connectivity index (χ3n) is 3.06. The maximum absolute atomic E-state index is 11.2. The van der Waals surface area contributed by atoms with Gasteiger partial charge in [-0.25, -0.2) is 4.39 Å². The number of aromatic nitrogens is 2. The number of nitrogens with zero attached hydrogens (tertiary/aromatic N) is 2. The molecule has 1 atom stereocenters. The van der Waals surface area contributed by atoms with Crippen LogP contribution in [0.4, 0.5) is 4.39 Å². The Morgan fingerprint density at radius 2 is 2.05 bits per heavy atom. The molecule has 126 valence electrons. The molecule has 0 aromatic carbocycles. The molecule has 0 saturated carbocycles. The van der Waals surface area contributed by atoms with E-state index in [2.05, 4.69) is 38.6 Å². The van der Waals surface area contributed by atoms with Crippen LogP contribution in [0.1, 0.15) is 64.6 Å². The molecule has 0 bridgehead atoms. The SMILES string of the molecule is C=C/C(C)=C\C=C\F.CC.CCCC(C)c1cn(C)nc1C. The van der Waals surface area contributed by atoms with Gasteiger partial charge in [0, 0.05) is 13.2 Å². The minimum Gasteiger partial charge on any atom is -0.275 e. The molecule has 1 aromatic rings. The van der Waals surface area contributed by atoms with E-state index in [-0.39, 0.29) is 0 Å². The molecule has 1 unspecified atom stereocenters. The maximum Gasteiger partial charge on any atom is 0.0867 e. The van der Waals surface area contributed by atoms with Crippen molar-refractivity contribution >= 4 is 0 Å². The molecule has 1 heterocycles. The molecule has 0 aliphatic heterocycles. The summed E-state index contributed by atoms with van der Waals surface area (Å²) in [5.41, 5.74) is 3.54. The number of hydrogen-bond donors (Lipinski definition) is 0. The summed E-state index contributed by atoms with van der Waals surface area (Å²) in [5, 5.41) is 4.33. The van der Waals surface area contributed by atoms with E-state index in [9.17, 15) is 4.39 Å². The zero-order valence-corrected chi connectivity index (χ0v) is 15.4. The normalized spacial score (nSPS) is 12.1. The van der Waals surface area contributed by atoms with Crippen LogP contribution in [0.15, 0.2) is 42.9 Å². The van der Waals surface area contributed by atoms with Crippen LogP contribution in [0.25, 0.3) is 0 Å². The van der Waals surface area contributed by atoms with Gasteiger partial charge >= 0.3 is 0 Å². The summed E-state index contributed by atoms with van der Waals surface area (Å²) in [6.45, 7) is 15.9. The highest BCUT2D eigenvalue weighted by atomic mass is 19.1. The van der Waals surface area contributed by atoms with Gasteiger partial charge in [-0.2, -0.15) is 5.10 Å². The van der Waals surface area contributed by atoms with E-state index < -0.39 is 0 Å². The number of aryl methyl sites for hydroxylation is 2. The lowest BCUT2D eigenvalue weighted by molar-refractivity contribution is 0.661. The predicted octanol–water partition coefficient (Wildman–Crippen LogP) is 6.26. The predicted molar refractivity (Wildman–Crippen MR) is 96.8 cm³/mol. The van der Waals surface area contributed by atoms with Crippen molar-refractivity contribution in [2.75, 3.05) is 0 Å². The van der Waals surface area contributed by atoms with Crippen LogP contribution in [0, 0.1) is 6.92 Å². The Bertz CT molecular complexity index is 456. The zero-order chi connectivity index (χ0) is 17.5. The topological polar surface area (TPSA) is 17.8 Å². The standard InChI is InChI=1S/C10H18N2.C7H9F.C2H6/c1-5-6-8(2)10-7-12(4)11-9(10)3;1-3-7(2)5-4-6-8;1-2/h7-8H,5-6H2,1-4H3;3-6H,1H2,2H3;1-2H3/b;6-4+,7-5-;. The molecule has 0 aliphatic carbocycles. The first-order valence-electron chi connectivity index (χ1n) is 8.02. The molecular weight excluding hydrogens is 275 g/mol. The average Bonchev–Trinajstić information content (AvgIpc) is 2.86. The highest BCUT2D eigenvalue weighted by Gasteiger charge is 2.09. The number of allylic oxidation sites excluding steroid dienone is 4. The van der Waals surface area contributed by atoms with Gasteiger partial charge in [0.15, 0.2) is 0 Å². The molecule has 0 aliphatic rings. The Kier molecular flexibility index (Phi) is 14.7. The summed E-state index contributed by atoms with van der Waals surface area (Å²) in [6.07, 6.45) is 9.77. The quantitative estimate of drug-likeness (QED) is 0.587. The van der Waals surface area contributed by atoms with Gasteiger partial charge in [0.05, 0.1) is 12.0 Å². The van der Waals surface area contributed by atoms with Gasteiger partial charge in [0.25, 0.3) is 0 Å². The fourth-order valence-electron chi connectivity index (χ4n) is 1.95. The Morgan fingerprint density at radius 1 is 1.45 bits per heavy atom. The van der Waals surface area contributed by atoms with Crippen LogP contribution in [0.3, 0.4) is 0 Å². The summed E-state index contributed by atoms with van der Waals surface area (Å²) in [4.78, 5) is 0. The third kappa shape index (κ3) is 10.1. The summed E-state index contributed by atoms with van der Waals surface area (Å²) < 4.78 is 13.1. The lowest BCUT2D eigenvalue weighted by Gasteiger charge is -2.07. The number of halogens is 1. The second-order valence-corrected chi connectivity index (χ2v) is 4.97. The van der Waals surface area contributed by atoms with Gasteiger partial charge < -0.3 is 0 Å². The fraction of sp³-hybridized carbons (Fsp3) is 0.526. The molecule has 0 spiro atoms. The highest BCUT2D eigenvalue weighted by molar-refractivity contribution is 5.19. The Hall–Kier alpha value is -1.64. The van der Waals surface area contributed by atoms with E-state index in [4.69, 9.17) is 0 Å². The van der Waals surface area contributed by atoms with E-state index >= 15 is 0 Å². The molecule has 0 saturated heterocycles. The van der Waals surface area contributed by atoms with Gasteiger partial charge in [-0.1, -0.05) is 58.4 Å². The second kappa shape index (κ2) is 14.3. The highest BCUT2D eigenvalue weighted by Crippen LogP contribution is 2.22. The van der Waals surface area contributed by atoms with Crippen molar-refractivity contribution in [1.82, 2.24) is 9.78 Å². The third-order valence-corrected chi connectivity index (χ3v) is 3.06. The van der Waals surface area contributed by atoms with Crippen molar-refractivity contribution in [1.29, 1.82) is 0 Å². The summed E-state index contributed by atoms with van der Waals surface area (Å²) >= 11 is 0. The van der Waals surface area contributed by atoms with Crippen molar-refractivity contribution in [2.45, 2.75) is 60.3 Å². The Labute approximate surface area is 136 Å². The van der Waals surface area contributed by atoms with Crippen LogP contribution < -0.4 is 0 Å². The monoisotopic (exact) mass is 308 g/mol. The van der Waals surface area contributed by atoms with Crippen LogP contribution in [0.5, 0.6) is 0 Å². The molecule has 3 heteroatoms. The summed E-state index contributed by atoms with van der Waals surface area (Å²) in [5.74, 6) is 0.656. The Balaban J connectivity index is 0. The molecular formula is C19H33FN2. The zero-order valence-electron chi connectivity index (χ0n) is 15.4. The molecule has 0 amide bonds. The van der Waals surface area contributed by atoms with Gasteiger partial charge in [-0.3, -0.25) is 4.68 Å². The molecule has 1 aromatic heterocycles. The van der Waals surface area contributed by atoms with E-state index in [1.54, 1.807) is 12.2 Å². The van der Waals surface area contributed by atoms with Crippen molar-refractivity contribution in [3.05, 3.63) is 54.2 Å². The van der Waals surface area contributed by atoms with Crippen LogP contribution in [-0.2, 0) is 7.05 Å². The van der Waals surface area contributed by atoms with Crippen molar-refractivity contribution in [3.63, 3.8) is 0 Å². The molecule has 2 nitrogen and oxygen atoms in total. The first-order valence-corrected chi connectivity index (χ1v) is 8.02. The van der Waals surface area contributed by atoms with Crippen LogP contribution >= 0.6 is 0 Å². The first kappa shape index (κ1) is 22.6. The second-order valence-electron chi connectivity index (χ2n) is 4.97. The Morgan fingerprint density at radius 3 is 2.41 bits per heavy atom. The van der Waals surface area contributed by atoms with Gasteiger partial charge in [0.1, 0.15) is 0 Å². The molecule has 0 radical (unpaired) electrons. The van der Waals surface area contributed by atoms with Crippen LogP contribution in [0.2, 0.25) is 0 Å².